The van der Waals surface area contributed by atoms with E-state index in [4.69, 9.17) is 5.73 Å². The Kier molecular flexibility index (Phi) is 5.08. The van der Waals surface area contributed by atoms with Gasteiger partial charge in [-0.2, -0.15) is 0 Å². The molecule has 0 spiro atoms. The molecule has 0 bridgehead atoms. The zero-order valence-corrected chi connectivity index (χ0v) is 9.85. The number of amides is 1. The summed E-state index contributed by atoms with van der Waals surface area (Å²) in [6.07, 6.45) is 0. The van der Waals surface area contributed by atoms with Gasteiger partial charge in [-0.05, 0) is 34.6 Å². The second-order valence-electron chi connectivity index (χ2n) is 4.76. The Morgan fingerprint density at radius 2 is 1.86 bits per heavy atom. The lowest BCUT2D eigenvalue weighted by atomic mass is 10.1. The van der Waals surface area contributed by atoms with E-state index >= 15 is 0 Å². The second-order valence-corrected chi connectivity index (χ2v) is 4.76. The average molecular weight is 201 g/mol. The van der Waals surface area contributed by atoms with Crippen LogP contribution in [0.5, 0.6) is 0 Å². The van der Waals surface area contributed by atoms with Gasteiger partial charge in [0.15, 0.2) is 0 Å². The number of carbonyl (C=O) groups is 1. The average Bonchev–Trinajstić information content (AvgIpc) is 2.00. The molecule has 0 aliphatic carbocycles. The van der Waals surface area contributed by atoms with E-state index in [1.807, 2.05) is 34.6 Å². The van der Waals surface area contributed by atoms with E-state index in [2.05, 4.69) is 10.6 Å². The number of hydrogen-bond acceptors (Lipinski definition) is 3. The van der Waals surface area contributed by atoms with Crippen molar-refractivity contribution in [3.05, 3.63) is 0 Å². The molecule has 1 amide bonds. The predicted octanol–water partition coefficient (Wildman–Crippen LogP) is 0.226. The van der Waals surface area contributed by atoms with Crippen molar-refractivity contribution in [2.75, 3.05) is 6.54 Å². The molecule has 0 aliphatic rings. The van der Waals surface area contributed by atoms with Crippen LogP contribution in [0.15, 0.2) is 0 Å². The van der Waals surface area contributed by atoms with Crippen LogP contribution >= 0.6 is 0 Å². The fraction of sp³-hybridized carbons (Fsp3) is 0.900. The van der Waals surface area contributed by atoms with Gasteiger partial charge < -0.3 is 16.4 Å². The van der Waals surface area contributed by atoms with E-state index in [9.17, 15) is 4.79 Å². The fourth-order valence-electron chi connectivity index (χ4n) is 1.05. The second kappa shape index (κ2) is 5.32. The van der Waals surface area contributed by atoms with Crippen molar-refractivity contribution < 1.29 is 4.79 Å². The Bertz CT molecular complexity index is 186. The molecule has 84 valence electrons. The van der Waals surface area contributed by atoms with Gasteiger partial charge in [0.2, 0.25) is 5.91 Å². The van der Waals surface area contributed by atoms with Crippen molar-refractivity contribution in [2.24, 2.45) is 5.73 Å². The predicted molar refractivity (Wildman–Crippen MR) is 59.0 cm³/mol. The number of carbonyl (C=O) groups excluding carboxylic acids is 1. The molecular weight excluding hydrogens is 178 g/mol. The Balaban J connectivity index is 4.00. The summed E-state index contributed by atoms with van der Waals surface area (Å²) < 4.78 is 0. The van der Waals surface area contributed by atoms with E-state index in [0.717, 1.165) is 0 Å². The summed E-state index contributed by atoms with van der Waals surface area (Å²) in [5.74, 6) is 0.0119. The van der Waals surface area contributed by atoms with Crippen LogP contribution in [0.2, 0.25) is 0 Å². The lowest BCUT2D eigenvalue weighted by Crippen LogP contribution is -2.52. The largest absolute Gasteiger partial charge is 0.350 e. The smallest absolute Gasteiger partial charge is 0.237 e. The molecule has 0 aromatic carbocycles. The highest BCUT2D eigenvalue weighted by molar-refractivity contribution is 5.81. The number of nitrogens with two attached hydrogens (primary N) is 1. The number of rotatable bonds is 4. The van der Waals surface area contributed by atoms with Crippen LogP contribution < -0.4 is 16.4 Å². The topological polar surface area (TPSA) is 67.1 Å². The van der Waals surface area contributed by atoms with Crippen molar-refractivity contribution in [3.63, 3.8) is 0 Å². The van der Waals surface area contributed by atoms with Crippen molar-refractivity contribution in [1.82, 2.24) is 10.6 Å². The summed E-state index contributed by atoms with van der Waals surface area (Å²) in [6, 6.07) is -0.0384. The molecule has 0 aromatic rings. The normalized spacial score (nSPS) is 16.1. The maximum Gasteiger partial charge on any atom is 0.237 e. The summed E-state index contributed by atoms with van der Waals surface area (Å²) in [7, 11) is 0. The van der Waals surface area contributed by atoms with Crippen LogP contribution in [-0.4, -0.2) is 30.1 Å². The van der Waals surface area contributed by atoms with Crippen LogP contribution in [0, 0.1) is 0 Å². The minimum absolute atomic E-state index is 0.0119. The first kappa shape index (κ1) is 13.4. The first-order valence-electron chi connectivity index (χ1n) is 5.04. The Morgan fingerprint density at radius 1 is 1.36 bits per heavy atom. The van der Waals surface area contributed by atoms with Crippen LogP contribution in [0.4, 0.5) is 0 Å². The SMILES string of the molecule is CC(CN)NC(C)C(=O)NC(C)(C)C. The molecule has 0 radical (unpaired) electrons. The molecule has 0 aromatic heterocycles. The Hall–Kier alpha value is -0.610. The molecular formula is C10H23N3O. The van der Waals surface area contributed by atoms with Gasteiger partial charge in [-0.25, -0.2) is 0 Å². The van der Waals surface area contributed by atoms with E-state index in [1.165, 1.54) is 0 Å². The van der Waals surface area contributed by atoms with Gasteiger partial charge in [0, 0.05) is 18.1 Å². The monoisotopic (exact) mass is 201 g/mol. The molecule has 14 heavy (non-hydrogen) atoms. The molecule has 4 heteroatoms. The standard InChI is InChI=1S/C10H23N3O/c1-7(6-11)12-8(2)9(14)13-10(3,4)5/h7-8,12H,6,11H2,1-5H3,(H,13,14). The van der Waals surface area contributed by atoms with Crippen LogP contribution in [-0.2, 0) is 4.79 Å². The van der Waals surface area contributed by atoms with E-state index < -0.39 is 0 Å². The third-order valence-corrected chi connectivity index (χ3v) is 1.78. The van der Waals surface area contributed by atoms with E-state index in [0.29, 0.717) is 6.54 Å². The third kappa shape index (κ3) is 5.94. The summed E-state index contributed by atoms with van der Waals surface area (Å²) in [4.78, 5) is 11.6. The van der Waals surface area contributed by atoms with Crippen molar-refractivity contribution in [2.45, 2.75) is 52.2 Å². The number of hydrogen-bond donors (Lipinski definition) is 3. The molecule has 4 N–H and O–H groups in total. The molecule has 0 saturated carbocycles. The first-order chi connectivity index (χ1) is 6.26. The molecule has 0 rings (SSSR count). The van der Waals surface area contributed by atoms with Crippen molar-refractivity contribution >= 4 is 5.91 Å². The zero-order chi connectivity index (χ0) is 11.4. The van der Waals surface area contributed by atoms with Gasteiger partial charge >= 0.3 is 0 Å². The summed E-state index contributed by atoms with van der Waals surface area (Å²) >= 11 is 0. The van der Waals surface area contributed by atoms with Crippen LogP contribution in [0.1, 0.15) is 34.6 Å². The van der Waals surface area contributed by atoms with Gasteiger partial charge in [-0.3, -0.25) is 4.79 Å². The van der Waals surface area contributed by atoms with Gasteiger partial charge in [0.1, 0.15) is 0 Å². The zero-order valence-electron chi connectivity index (χ0n) is 9.85. The molecule has 0 saturated heterocycles. The van der Waals surface area contributed by atoms with Crippen LogP contribution in [0.3, 0.4) is 0 Å². The third-order valence-electron chi connectivity index (χ3n) is 1.78. The summed E-state index contributed by atoms with van der Waals surface area (Å²) in [6.45, 7) is 10.2. The Labute approximate surface area is 86.6 Å². The van der Waals surface area contributed by atoms with Crippen molar-refractivity contribution in [3.8, 4) is 0 Å². The minimum Gasteiger partial charge on any atom is -0.350 e. The summed E-state index contributed by atoms with van der Waals surface area (Å²) in [5.41, 5.74) is 5.27. The molecule has 2 atom stereocenters. The number of nitrogens with one attached hydrogen (secondary N) is 2. The van der Waals surface area contributed by atoms with Gasteiger partial charge in [-0.15, -0.1) is 0 Å². The first-order valence-corrected chi connectivity index (χ1v) is 5.04. The molecule has 0 heterocycles. The fourth-order valence-corrected chi connectivity index (χ4v) is 1.05. The highest BCUT2D eigenvalue weighted by Gasteiger charge is 2.19. The lowest BCUT2D eigenvalue weighted by molar-refractivity contribution is -0.124. The highest BCUT2D eigenvalue weighted by atomic mass is 16.2. The molecule has 0 aliphatic heterocycles. The van der Waals surface area contributed by atoms with Gasteiger partial charge in [0.25, 0.3) is 0 Å². The maximum absolute atomic E-state index is 11.6. The molecule has 0 fully saturated rings. The van der Waals surface area contributed by atoms with Gasteiger partial charge in [-0.1, -0.05) is 0 Å². The minimum atomic E-state index is -0.201. The van der Waals surface area contributed by atoms with Crippen molar-refractivity contribution in [1.29, 1.82) is 0 Å². The highest BCUT2D eigenvalue weighted by Crippen LogP contribution is 1.99. The van der Waals surface area contributed by atoms with Crippen LogP contribution in [0.25, 0.3) is 0 Å². The lowest BCUT2D eigenvalue weighted by Gasteiger charge is -2.25. The van der Waals surface area contributed by atoms with Gasteiger partial charge in [0.05, 0.1) is 6.04 Å². The van der Waals surface area contributed by atoms with E-state index in [-0.39, 0.29) is 23.5 Å². The quantitative estimate of drug-likeness (QED) is 0.610. The Morgan fingerprint density at radius 3 is 2.21 bits per heavy atom. The maximum atomic E-state index is 11.6. The van der Waals surface area contributed by atoms with E-state index in [1.54, 1.807) is 0 Å². The molecule has 4 nitrogen and oxygen atoms in total. The summed E-state index contributed by atoms with van der Waals surface area (Å²) in [5, 5.41) is 6.02. The molecule has 2 unspecified atom stereocenters.